The molecule has 0 radical (unpaired) electrons. The number of carbonyl (C=O) groups excluding carboxylic acids is 1. The summed E-state index contributed by atoms with van der Waals surface area (Å²) in [6.45, 7) is 7.39. The molecule has 0 bridgehead atoms. The van der Waals surface area contributed by atoms with Crippen molar-refractivity contribution in [2.24, 2.45) is 0 Å². The van der Waals surface area contributed by atoms with Crippen molar-refractivity contribution in [1.29, 1.82) is 0 Å². The molecule has 0 spiro atoms. The van der Waals surface area contributed by atoms with Crippen molar-refractivity contribution in [3.63, 3.8) is 0 Å². The summed E-state index contributed by atoms with van der Waals surface area (Å²) in [7, 11) is 0. The largest absolute Gasteiger partial charge is 0.494 e. The average molecular weight is 533 g/mol. The van der Waals surface area contributed by atoms with E-state index in [0.29, 0.717) is 29.6 Å². The lowest BCUT2D eigenvalue weighted by Gasteiger charge is -2.43. The molecule has 2 aromatic rings. The third kappa shape index (κ3) is 7.61. The number of ether oxygens (including phenoxy) is 1. The highest BCUT2D eigenvalue weighted by molar-refractivity contribution is 6.42. The summed E-state index contributed by atoms with van der Waals surface area (Å²) in [6.07, 6.45) is 8.04. The first kappa shape index (κ1) is 27.3. The average Bonchev–Trinajstić information content (AvgIpc) is 2.90. The van der Waals surface area contributed by atoms with E-state index in [-0.39, 0.29) is 11.9 Å². The van der Waals surface area contributed by atoms with Gasteiger partial charge in [-0.15, -0.1) is 0 Å². The molecule has 2 aliphatic rings. The van der Waals surface area contributed by atoms with Crippen LogP contribution in [0.2, 0.25) is 10.0 Å². The zero-order chi connectivity index (χ0) is 25.3. The van der Waals surface area contributed by atoms with Gasteiger partial charge in [-0.2, -0.15) is 0 Å². The Morgan fingerprint density at radius 3 is 2.53 bits per heavy atom. The van der Waals surface area contributed by atoms with Crippen molar-refractivity contribution in [3.8, 4) is 5.75 Å². The molecule has 1 saturated carbocycles. The fourth-order valence-electron chi connectivity index (χ4n) is 5.46. The van der Waals surface area contributed by atoms with Gasteiger partial charge in [-0.05, 0) is 54.7 Å². The summed E-state index contributed by atoms with van der Waals surface area (Å²) in [6, 6.07) is 14.4. The standard InChI is InChI=1S/C29H39Cl2N3O2/c1-2-17-36-25-10-6-7-22(18-25)19-29(35)32-21-28(23-11-12-26(30)27(31)20-23)34-15-13-33(14-16-34)24-8-4-3-5-9-24/h6-7,10-12,18,20,24,28H,2-5,8-9,13-17,19,21H2,1H3,(H,32,35). The second-order valence-corrected chi connectivity index (χ2v) is 10.8. The molecule has 1 amide bonds. The number of hydrogen-bond acceptors (Lipinski definition) is 4. The third-order valence-electron chi connectivity index (χ3n) is 7.44. The van der Waals surface area contributed by atoms with Crippen LogP contribution in [0.1, 0.15) is 62.6 Å². The van der Waals surface area contributed by atoms with Gasteiger partial charge in [0.05, 0.1) is 29.1 Å². The Morgan fingerprint density at radius 2 is 1.81 bits per heavy atom. The number of halogens is 2. The predicted octanol–water partition coefficient (Wildman–Crippen LogP) is 6.13. The van der Waals surface area contributed by atoms with Gasteiger partial charge in [0, 0.05) is 38.8 Å². The lowest BCUT2D eigenvalue weighted by atomic mass is 9.93. The van der Waals surface area contributed by atoms with E-state index in [1.54, 1.807) is 0 Å². The molecule has 2 aromatic carbocycles. The van der Waals surface area contributed by atoms with E-state index in [1.165, 1.54) is 32.1 Å². The normalized spacial score (nSPS) is 18.6. The zero-order valence-electron chi connectivity index (χ0n) is 21.4. The molecule has 1 aliphatic heterocycles. The number of benzene rings is 2. The van der Waals surface area contributed by atoms with Crippen LogP contribution in [0.3, 0.4) is 0 Å². The van der Waals surface area contributed by atoms with Crippen LogP contribution < -0.4 is 10.1 Å². The summed E-state index contributed by atoms with van der Waals surface area (Å²) >= 11 is 12.6. The maximum atomic E-state index is 12.9. The van der Waals surface area contributed by atoms with E-state index in [4.69, 9.17) is 27.9 Å². The fourth-order valence-corrected chi connectivity index (χ4v) is 5.77. The zero-order valence-corrected chi connectivity index (χ0v) is 22.9. The molecule has 1 heterocycles. The molecular formula is C29H39Cl2N3O2. The maximum absolute atomic E-state index is 12.9. The smallest absolute Gasteiger partial charge is 0.224 e. The second-order valence-electron chi connectivity index (χ2n) is 10.0. The van der Waals surface area contributed by atoms with Crippen molar-refractivity contribution < 1.29 is 9.53 Å². The van der Waals surface area contributed by atoms with Gasteiger partial charge in [-0.25, -0.2) is 0 Å². The summed E-state index contributed by atoms with van der Waals surface area (Å²) in [4.78, 5) is 18.1. The molecule has 1 aliphatic carbocycles. The molecule has 5 nitrogen and oxygen atoms in total. The quantitative estimate of drug-likeness (QED) is 0.400. The number of nitrogens with one attached hydrogen (secondary N) is 1. The van der Waals surface area contributed by atoms with Gasteiger partial charge in [0.1, 0.15) is 5.75 Å². The molecular weight excluding hydrogens is 493 g/mol. The van der Waals surface area contributed by atoms with E-state index < -0.39 is 0 Å². The maximum Gasteiger partial charge on any atom is 0.224 e. The van der Waals surface area contributed by atoms with Gasteiger partial charge in [0.15, 0.2) is 0 Å². The summed E-state index contributed by atoms with van der Waals surface area (Å²) in [5, 5.41) is 4.29. The van der Waals surface area contributed by atoms with Crippen molar-refractivity contribution in [2.75, 3.05) is 39.3 Å². The number of rotatable bonds is 10. The first-order valence-corrected chi connectivity index (χ1v) is 14.2. The van der Waals surface area contributed by atoms with Gasteiger partial charge in [0.2, 0.25) is 5.91 Å². The van der Waals surface area contributed by atoms with E-state index in [2.05, 4.69) is 22.0 Å². The van der Waals surface area contributed by atoms with Crippen LogP contribution in [0, 0.1) is 0 Å². The second kappa shape index (κ2) is 13.7. The topological polar surface area (TPSA) is 44.8 Å². The van der Waals surface area contributed by atoms with Gasteiger partial charge < -0.3 is 10.1 Å². The van der Waals surface area contributed by atoms with E-state index in [9.17, 15) is 4.79 Å². The fraction of sp³-hybridized carbons (Fsp3) is 0.552. The first-order valence-electron chi connectivity index (χ1n) is 13.4. The summed E-state index contributed by atoms with van der Waals surface area (Å²) in [5.41, 5.74) is 2.04. The Bertz CT molecular complexity index is 988. The van der Waals surface area contributed by atoms with E-state index in [1.807, 2.05) is 42.5 Å². The highest BCUT2D eigenvalue weighted by Gasteiger charge is 2.29. The van der Waals surface area contributed by atoms with Gasteiger partial charge in [-0.1, -0.05) is 67.6 Å². The molecule has 1 N–H and O–H groups in total. The number of hydrogen-bond donors (Lipinski definition) is 1. The molecule has 2 fully saturated rings. The third-order valence-corrected chi connectivity index (χ3v) is 8.18. The first-order chi connectivity index (χ1) is 17.5. The van der Waals surface area contributed by atoms with Crippen LogP contribution in [-0.2, 0) is 11.2 Å². The molecule has 1 unspecified atom stereocenters. The van der Waals surface area contributed by atoms with Crippen LogP contribution in [0.4, 0.5) is 0 Å². The van der Waals surface area contributed by atoms with E-state index >= 15 is 0 Å². The minimum Gasteiger partial charge on any atom is -0.494 e. The molecule has 0 aromatic heterocycles. The van der Waals surface area contributed by atoms with Crippen LogP contribution in [0.25, 0.3) is 0 Å². The van der Waals surface area contributed by atoms with Crippen molar-refractivity contribution in [1.82, 2.24) is 15.1 Å². The molecule has 1 atom stereocenters. The van der Waals surface area contributed by atoms with Gasteiger partial charge in [0.25, 0.3) is 0 Å². The predicted molar refractivity (Wildman–Crippen MR) is 148 cm³/mol. The molecule has 7 heteroatoms. The van der Waals surface area contributed by atoms with Crippen molar-refractivity contribution in [2.45, 2.75) is 64.0 Å². The molecule has 196 valence electrons. The van der Waals surface area contributed by atoms with Crippen LogP contribution in [0.15, 0.2) is 42.5 Å². The molecule has 36 heavy (non-hydrogen) atoms. The molecule has 1 saturated heterocycles. The van der Waals surface area contributed by atoms with Crippen molar-refractivity contribution >= 4 is 29.1 Å². The molecule has 4 rings (SSSR count). The summed E-state index contributed by atoms with van der Waals surface area (Å²) in [5.74, 6) is 0.820. The Morgan fingerprint density at radius 1 is 1.03 bits per heavy atom. The van der Waals surface area contributed by atoms with Gasteiger partial charge in [-0.3, -0.25) is 14.6 Å². The minimum absolute atomic E-state index is 0.00791. The lowest BCUT2D eigenvalue weighted by Crippen LogP contribution is -2.53. The van der Waals surface area contributed by atoms with Crippen LogP contribution in [-0.4, -0.2) is 61.1 Å². The minimum atomic E-state index is 0.00791. The van der Waals surface area contributed by atoms with Gasteiger partial charge >= 0.3 is 0 Å². The number of amides is 1. The summed E-state index contributed by atoms with van der Waals surface area (Å²) < 4.78 is 5.72. The number of nitrogens with zero attached hydrogens (tertiary/aromatic N) is 2. The highest BCUT2D eigenvalue weighted by Crippen LogP contribution is 2.30. The number of carbonyl (C=O) groups is 1. The van der Waals surface area contributed by atoms with Crippen molar-refractivity contribution in [3.05, 3.63) is 63.6 Å². The Balaban J connectivity index is 1.39. The van der Waals surface area contributed by atoms with Crippen LogP contribution >= 0.6 is 23.2 Å². The monoisotopic (exact) mass is 531 g/mol. The van der Waals surface area contributed by atoms with E-state index in [0.717, 1.165) is 55.5 Å². The highest BCUT2D eigenvalue weighted by atomic mass is 35.5. The Kier molecular flexibility index (Phi) is 10.3. The Labute approximate surface area is 226 Å². The number of piperazine rings is 1. The van der Waals surface area contributed by atoms with Crippen LogP contribution in [0.5, 0.6) is 5.75 Å². The lowest BCUT2D eigenvalue weighted by molar-refractivity contribution is -0.120. The SMILES string of the molecule is CCCOc1cccc(CC(=O)NCC(c2ccc(Cl)c(Cl)c2)N2CCN(C3CCCCC3)CC2)c1. The Hall–Kier alpha value is -1.79.